The standard InChI is InChI=1S/C18H21N5O3/c1-3-13-10-15(24)22-16(21-13)12-5-4-6-14(9-12)20-11(2)17(25)23-8-7-19-18(23)26/h4-6,9-11,20H,3,7-8H2,1-2H3,(H,19,26)(H,21,22,24)/t11-/m1/s1. The van der Waals surface area contributed by atoms with Gasteiger partial charge in [-0.25, -0.2) is 9.78 Å². The lowest BCUT2D eigenvalue weighted by Gasteiger charge is -2.20. The van der Waals surface area contributed by atoms with Crippen LogP contribution in [0.4, 0.5) is 10.5 Å². The van der Waals surface area contributed by atoms with Crippen molar-refractivity contribution in [2.24, 2.45) is 0 Å². The van der Waals surface area contributed by atoms with Gasteiger partial charge in [0.25, 0.3) is 11.5 Å². The van der Waals surface area contributed by atoms with Gasteiger partial charge < -0.3 is 15.6 Å². The van der Waals surface area contributed by atoms with Gasteiger partial charge in [-0.2, -0.15) is 0 Å². The molecule has 0 saturated carbocycles. The van der Waals surface area contributed by atoms with Gasteiger partial charge >= 0.3 is 6.03 Å². The van der Waals surface area contributed by atoms with Gasteiger partial charge in [0.1, 0.15) is 11.9 Å². The Morgan fingerprint density at radius 3 is 2.85 bits per heavy atom. The van der Waals surface area contributed by atoms with E-state index in [0.29, 0.717) is 36.7 Å². The first-order valence-corrected chi connectivity index (χ1v) is 8.54. The lowest BCUT2D eigenvalue weighted by Crippen LogP contribution is -2.43. The SMILES string of the molecule is CCc1cc(=O)[nH]c(-c2cccc(N[C@H](C)C(=O)N3CCNC3=O)c2)n1. The number of nitrogens with zero attached hydrogens (tertiary/aromatic N) is 2. The molecule has 1 aromatic carbocycles. The predicted molar refractivity (Wildman–Crippen MR) is 97.9 cm³/mol. The molecule has 136 valence electrons. The van der Waals surface area contributed by atoms with Crippen LogP contribution in [0.3, 0.4) is 0 Å². The molecule has 0 spiro atoms. The van der Waals surface area contributed by atoms with E-state index in [4.69, 9.17) is 0 Å². The number of benzene rings is 1. The number of anilines is 1. The smallest absolute Gasteiger partial charge is 0.324 e. The number of carbonyl (C=O) groups is 2. The zero-order valence-electron chi connectivity index (χ0n) is 14.7. The van der Waals surface area contributed by atoms with E-state index in [-0.39, 0.29) is 17.5 Å². The fourth-order valence-corrected chi connectivity index (χ4v) is 2.81. The highest BCUT2D eigenvalue weighted by atomic mass is 16.2. The van der Waals surface area contributed by atoms with Crippen molar-refractivity contribution in [2.45, 2.75) is 26.3 Å². The molecule has 1 fully saturated rings. The van der Waals surface area contributed by atoms with Crippen LogP contribution in [-0.4, -0.2) is 45.9 Å². The van der Waals surface area contributed by atoms with Crippen molar-refractivity contribution in [2.75, 3.05) is 18.4 Å². The second-order valence-corrected chi connectivity index (χ2v) is 6.11. The van der Waals surface area contributed by atoms with Crippen LogP contribution < -0.4 is 16.2 Å². The van der Waals surface area contributed by atoms with Crippen LogP contribution >= 0.6 is 0 Å². The van der Waals surface area contributed by atoms with Crippen LogP contribution in [0, 0.1) is 0 Å². The van der Waals surface area contributed by atoms with Crippen molar-refractivity contribution < 1.29 is 9.59 Å². The highest BCUT2D eigenvalue weighted by Gasteiger charge is 2.29. The summed E-state index contributed by atoms with van der Waals surface area (Å²) in [6.45, 7) is 4.49. The summed E-state index contributed by atoms with van der Waals surface area (Å²) in [5.74, 6) is 0.195. The minimum atomic E-state index is -0.567. The molecule has 8 heteroatoms. The molecule has 2 heterocycles. The second-order valence-electron chi connectivity index (χ2n) is 6.11. The van der Waals surface area contributed by atoms with Crippen molar-refractivity contribution in [1.29, 1.82) is 0 Å². The summed E-state index contributed by atoms with van der Waals surface area (Å²) in [5, 5.41) is 5.71. The molecule has 1 aliphatic rings. The first kappa shape index (κ1) is 17.7. The van der Waals surface area contributed by atoms with Gasteiger partial charge in [0.05, 0.1) is 0 Å². The van der Waals surface area contributed by atoms with Gasteiger partial charge in [0, 0.05) is 36.1 Å². The molecule has 1 saturated heterocycles. The molecule has 0 aliphatic carbocycles. The number of H-pyrrole nitrogens is 1. The maximum atomic E-state index is 12.4. The maximum Gasteiger partial charge on any atom is 0.324 e. The molecule has 0 bridgehead atoms. The molecular weight excluding hydrogens is 334 g/mol. The third kappa shape index (κ3) is 3.74. The molecule has 1 aliphatic heterocycles. The average Bonchev–Trinajstić information content (AvgIpc) is 3.06. The number of hydrogen-bond acceptors (Lipinski definition) is 5. The molecule has 2 aromatic rings. The van der Waals surface area contributed by atoms with Crippen LogP contribution in [0.25, 0.3) is 11.4 Å². The minimum absolute atomic E-state index is 0.200. The largest absolute Gasteiger partial charge is 0.374 e. The van der Waals surface area contributed by atoms with Crippen LogP contribution in [0.2, 0.25) is 0 Å². The van der Waals surface area contributed by atoms with Crippen LogP contribution in [0.5, 0.6) is 0 Å². The number of amides is 3. The molecule has 3 amide bonds. The van der Waals surface area contributed by atoms with E-state index < -0.39 is 6.04 Å². The number of aromatic amines is 1. The van der Waals surface area contributed by atoms with E-state index in [0.717, 1.165) is 5.56 Å². The van der Waals surface area contributed by atoms with Crippen LogP contribution in [0.1, 0.15) is 19.5 Å². The summed E-state index contributed by atoms with van der Waals surface area (Å²) in [7, 11) is 0. The molecule has 1 aromatic heterocycles. The average molecular weight is 355 g/mol. The van der Waals surface area contributed by atoms with Gasteiger partial charge in [-0.3, -0.25) is 14.5 Å². The topological polar surface area (TPSA) is 107 Å². The van der Waals surface area contributed by atoms with Gasteiger partial charge in [-0.15, -0.1) is 0 Å². The highest BCUT2D eigenvalue weighted by Crippen LogP contribution is 2.20. The van der Waals surface area contributed by atoms with Crippen molar-refractivity contribution in [3.63, 3.8) is 0 Å². The van der Waals surface area contributed by atoms with Gasteiger partial charge in [0.15, 0.2) is 0 Å². The third-order valence-corrected chi connectivity index (χ3v) is 4.17. The van der Waals surface area contributed by atoms with Crippen molar-refractivity contribution in [3.8, 4) is 11.4 Å². The zero-order chi connectivity index (χ0) is 18.7. The number of urea groups is 1. The van der Waals surface area contributed by atoms with Gasteiger partial charge in [-0.1, -0.05) is 19.1 Å². The summed E-state index contributed by atoms with van der Waals surface area (Å²) in [6, 6.07) is 7.83. The predicted octanol–water partition coefficient (Wildman–Crippen LogP) is 1.35. The second kappa shape index (κ2) is 7.38. The molecular formula is C18H21N5O3. The van der Waals surface area contributed by atoms with Crippen molar-refractivity contribution in [3.05, 3.63) is 46.4 Å². The Labute approximate surface area is 150 Å². The first-order chi connectivity index (χ1) is 12.5. The lowest BCUT2D eigenvalue weighted by atomic mass is 10.1. The molecule has 3 rings (SSSR count). The summed E-state index contributed by atoms with van der Waals surface area (Å²) in [5.41, 5.74) is 1.95. The summed E-state index contributed by atoms with van der Waals surface area (Å²) < 4.78 is 0. The summed E-state index contributed by atoms with van der Waals surface area (Å²) in [6.07, 6.45) is 0.665. The quantitative estimate of drug-likeness (QED) is 0.750. The van der Waals surface area contributed by atoms with Crippen LogP contribution in [-0.2, 0) is 11.2 Å². The molecule has 26 heavy (non-hydrogen) atoms. The Hall–Kier alpha value is -3.16. The number of hydrogen-bond donors (Lipinski definition) is 3. The fraction of sp³-hybridized carbons (Fsp3) is 0.333. The monoisotopic (exact) mass is 355 g/mol. The fourth-order valence-electron chi connectivity index (χ4n) is 2.81. The number of imide groups is 1. The molecule has 0 radical (unpaired) electrons. The van der Waals surface area contributed by atoms with Gasteiger partial charge in [0.2, 0.25) is 0 Å². The minimum Gasteiger partial charge on any atom is -0.374 e. The Bertz CT molecular complexity index is 892. The molecule has 1 atom stereocenters. The third-order valence-electron chi connectivity index (χ3n) is 4.17. The van der Waals surface area contributed by atoms with Gasteiger partial charge in [-0.05, 0) is 25.5 Å². The van der Waals surface area contributed by atoms with E-state index in [1.807, 2.05) is 31.2 Å². The Morgan fingerprint density at radius 1 is 1.35 bits per heavy atom. The van der Waals surface area contributed by atoms with E-state index in [2.05, 4.69) is 20.6 Å². The molecule has 3 N–H and O–H groups in total. The van der Waals surface area contributed by atoms with Crippen molar-refractivity contribution in [1.82, 2.24) is 20.2 Å². The maximum absolute atomic E-state index is 12.4. The first-order valence-electron chi connectivity index (χ1n) is 8.54. The normalized spacial score (nSPS) is 14.8. The number of aryl methyl sites for hydroxylation is 1. The lowest BCUT2D eigenvalue weighted by molar-refractivity contribution is -0.128. The Kier molecular flexibility index (Phi) is 5.01. The van der Waals surface area contributed by atoms with E-state index in [1.165, 1.54) is 11.0 Å². The zero-order valence-corrected chi connectivity index (χ0v) is 14.7. The van der Waals surface area contributed by atoms with E-state index in [1.54, 1.807) is 6.92 Å². The number of aromatic nitrogens is 2. The molecule has 8 nitrogen and oxygen atoms in total. The number of carbonyl (C=O) groups excluding carboxylic acids is 2. The number of rotatable bonds is 5. The number of nitrogens with one attached hydrogen (secondary N) is 3. The van der Waals surface area contributed by atoms with Crippen LogP contribution in [0.15, 0.2) is 35.1 Å². The molecule has 0 unspecified atom stereocenters. The van der Waals surface area contributed by atoms with Crippen molar-refractivity contribution >= 4 is 17.6 Å². The summed E-state index contributed by atoms with van der Waals surface area (Å²) in [4.78, 5) is 44.2. The Morgan fingerprint density at radius 2 is 2.15 bits per heavy atom. The summed E-state index contributed by atoms with van der Waals surface area (Å²) >= 11 is 0. The highest BCUT2D eigenvalue weighted by molar-refractivity contribution is 5.99. The van der Waals surface area contributed by atoms with E-state index >= 15 is 0 Å². The van der Waals surface area contributed by atoms with E-state index in [9.17, 15) is 14.4 Å². The Balaban J connectivity index is 1.79.